The topological polar surface area (TPSA) is 143 Å². The second kappa shape index (κ2) is 32.0. The van der Waals surface area contributed by atoms with Gasteiger partial charge >= 0.3 is 0 Å². The summed E-state index contributed by atoms with van der Waals surface area (Å²) in [6.07, 6.45) is 11.0. The lowest BCUT2D eigenvalue weighted by atomic mass is 9.89. The molecule has 0 bridgehead atoms. The molecule has 5 aromatic heterocycles. The zero-order chi connectivity index (χ0) is 85.2. The van der Waals surface area contributed by atoms with Crippen LogP contribution in [0.2, 0.25) is 0 Å². The van der Waals surface area contributed by atoms with E-state index in [0.29, 0.717) is 0 Å². The summed E-state index contributed by atoms with van der Waals surface area (Å²) in [5.74, 6) is 2.51. The summed E-state index contributed by atoms with van der Waals surface area (Å²) in [6, 6.07) is 139. The Morgan fingerprint density at radius 2 is 0.426 bits per heavy atom. The van der Waals surface area contributed by atoms with Crippen LogP contribution in [0.3, 0.4) is 0 Å². The smallest absolute Gasteiger partial charge is 0.145 e. The summed E-state index contributed by atoms with van der Waals surface area (Å²) in [4.78, 5) is 38.0. The number of pyridine rings is 5. The summed E-state index contributed by atoms with van der Waals surface area (Å²) >= 11 is 0. The molecule has 6 aliphatic heterocycles. The number of hydrogen-bond acceptors (Lipinski definition) is 11. The second-order valence-electron chi connectivity index (χ2n) is 32.2. The van der Waals surface area contributed by atoms with Crippen LogP contribution in [0.5, 0.6) is 0 Å². The summed E-state index contributed by atoms with van der Waals surface area (Å²) < 4.78 is 20.3. The van der Waals surface area contributed by atoms with Crippen LogP contribution in [0.4, 0.5) is 0 Å². The molecule has 11 heteroatoms. The highest BCUT2D eigenvalue weighted by molar-refractivity contribution is 6.18. The van der Waals surface area contributed by atoms with Crippen LogP contribution < -0.4 is 0 Å². The highest BCUT2D eigenvalue weighted by Gasteiger charge is 2.30. The lowest BCUT2D eigenvalue weighted by molar-refractivity contribution is 0.622. The van der Waals surface area contributed by atoms with Crippen molar-refractivity contribution in [1.29, 1.82) is 0 Å². The van der Waals surface area contributed by atoms with Gasteiger partial charge in [0, 0.05) is 108 Å². The van der Waals surface area contributed by atoms with Crippen molar-refractivity contribution in [2.24, 2.45) is 0 Å². The van der Waals surface area contributed by atoms with Gasteiger partial charge in [0.2, 0.25) is 0 Å². The van der Waals surface area contributed by atoms with Gasteiger partial charge in [-0.05, 0) is 228 Å². The van der Waals surface area contributed by atoms with E-state index in [1.165, 1.54) is 0 Å². The minimum absolute atomic E-state index is 0.822. The molecule has 6 aliphatic rings. The SMILES string of the molecule is c1cc(-c2ccncc2)nc(-c2ccc(-c3oc4ccccc4c4nc5ccccc5c3-4)c3ccccc23)c1.c1ccc(-c2cc(-c3ccc(-c4oc5ccccc5c5nc6ccccc6c4-5)c4ccccc34)cc(-c3ccccc3)n2)cc1.c1ccc2c3c(-c4ccc(-c5cc(-c6ccncc6)cc(-c6ccncc6)c5)c5ccccc45)oc4ccccc4c-3nc2c1. The van der Waals surface area contributed by atoms with E-state index in [1.807, 2.05) is 128 Å². The number of rotatable bonds is 11. The van der Waals surface area contributed by atoms with Crippen molar-refractivity contribution in [3.8, 4) is 157 Å². The third kappa shape index (κ3) is 13.5. The van der Waals surface area contributed by atoms with E-state index in [2.05, 4.69) is 312 Å². The first kappa shape index (κ1) is 75.2. The van der Waals surface area contributed by atoms with Gasteiger partial charge in [0.05, 0.1) is 73.1 Å². The molecule has 0 N–H and O–H groups in total. The second-order valence-corrected chi connectivity index (χ2v) is 32.2. The maximum Gasteiger partial charge on any atom is 0.145 e. The van der Waals surface area contributed by atoms with Gasteiger partial charge in [-0.3, -0.25) is 15.0 Å². The fourth-order valence-electron chi connectivity index (χ4n) is 18.7. The fraction of sp³-hybridized carbons (Fsp3) is 0. The van der Waals surface area contributed by atoms with Crippen molar-refractivity contribution in [3.05, 3.63) is 438 Å². The lowest BCUT2D eigenvalue weighted by Gasteiger charge is -2.16. The largest absolute Gasteiger partial charge is 0.455 e. The van der Waals surface area contributed by atoms with Crippen LogP contribution in [0.25, 0.3) is 255 Å². The molecule has 11 heterocycles. The molecule has 26 rings (SSSR count). The van der Waals surface area contributed by atoms with E-state index < -0.39 is 0 Å². The monoisotopic (exact) mass is 1650 g/mol. The summed E-state index contributed by atoms with van der Waals surface area (Å²) in [6.45, 7) is 0. The molecule has 0 unspecified atom stereocenters. The molecule has 0 saturated carbocycles. The van der Waals surface area contributed by atoms with Crippen LogP contribution in [0, 0.1) is 0 Å². The van der Waals surface area contributed by atoms with Gasteiger partial charge in [-0.25, -0.2) is 24.9 Å². The maximum atomic E-state index is 6.79. The molecule has 0 aliphatic carbocycles. The Kier molecular flexibility index (Phi) is 18.6. The van der Waals surface area contributed by atoms with Gasteiger partial charge in [-0.1, -0.05) is 249 Å². The normalized spacial score (nSPS) is 11.6. The molecule has 0 amide bonds. The standard InChI is InChI=1S/C42H26N2O.C41H25N3O.C35H21N3O/c1-3-13-27(14-4-1)37-25-29(26-38(43-37)28-15-5-2-6-16-28)30-23-24-33(32-18-8-7-17-31(30)32)42-40-34-19-9-11-21-36(34)44-41(40)35-20-10-12-22-39(35)45-42;1-2-8-33-32(7-1)31(30-24-28(26-15-19-42-20-16-26)23-29(25-30)27-17-21-43-22-18-27)13-14-34(33)41-39-35-9-3-5-11-37(35)44-40(39)36-10-4-6-12-38(36)45-41;1-2-9-24-23(8-1)25(30-14-7-13-29(37-30)22-18-20-36-21-19-22)16-17-26(24)35-33-27-10-3-5-12-31(27)38-34(33)28-11-4-6-15-32(28)39-35/h1-26H;1-25H;1-21H. The van der Waals surface area contributed by atoms with Gasteiger partial charge in [0.1, 0.15) is 34.0 Å². The Morgan fingerprint density at radius 3 is 0.814 bits per heavy atom. The van der Waals surface area contributed by atoms with Gasteiger partial charge in [0.25, 0.3) is 0 Å². The van der Waals surface area contributed by atoms with Crippen LogP contribution in [-0.2, 0) is 0 Å². The molecule has 0 saturated heterocycles. The van der Waals surface area contributed by atoms with Crippen molar-refractivity contribution in [2.45, 2.75) is 0 Å². The maximum absolute atomic E-state index is 6.79. The lowest BCUT2D eigenvalue weighted by Crippen LogP contribution is -1.93. The van der Waals surface area contributed by atoms with E-state index in [1.54, 1.807) is 12.4 Å². The minimum atomic E-state index is 0.822. The number of para-hydroxylation sites is 6. The number of benzene rings is 15. The Balaban J connectivity index is 0.000000108. The molecule has 20 aromatic rings. The Bertz CT molecular complexity index is 8230. The third-order valence-corrected chi connectivity index (χ3v) is 24.7. The van der Waals surface area contributed by atoms with E-state index in [-0.39, 0.29) is 0 Å². The van der Waals surface area contributed by atoms with Gasteiger partial charge in [-0.2, -0.15) is 0 Å². The van der Waals surface area contributed by atoms with E-state index in [4.69, 9.17) is 38.2 Å². The van der Waals surface area contributed by atoms with E-state index >= 15 is 0 Å². The van der Waals surface area contributed by atoms with Gasteiger partial charge in [0.15, 0.2) is 0 Å². The first-order valence-corrected chi connectivity index (χ1v) is 43.1. The van der Waals surface area contributed by atoms with E-state index in [0.717, 1.165) is 255 Å². The molecule has 11 nitrogen and oxygen atoms in total. The average Bonchev–Trinajstić information content (AvgIpc) is 1.62. The molecule has 15 aromatic carbocycles. The Morgan fingerprint density at radius 1 is 0.155 bits per heavy atom. The molecular formula is C118H72N8O3. The van der Waals surface area contributed by atoms with Crippen LogP contribution in [-0.4, -0.2) is 39.9 Å². The Hall–Kier alpha value is -17.5. The fourth-order valence-corrected chi connectivity index (χ4v) is 18.7. The van der Waals surface area contributed by atoms with Crippen molar-refractivity contribution < 1.29 is 13.3 Å². The molecule has 0 atom stereocenters. The average molecular weight is 1650 g/mol. The number of nitrogens with zero attached hydrogens (tertiary/aromatic N) is 8. The highest BCUT2D eigenvalue weighted by atomic mass is 16.3. The first-order valence-electron chi connectivity index (χ1n) is 43.1. The quantitative estimate of drug-likeness (QED) is 0.122. The van der Waals surface area contributed by atoms with E-state index in [9.17, 15) is 0 Å². The van der Waals surface area contributed by atoms with Gasteiger partial charge in [-0.15, -0.1) is 0 Å². The minimum Gasteiger partial charge on any atom is -0.455 e. The van der Waals surface area contributed by atoms with Crippen molar-refractivity contribution in [1.82, 2.24) is 39.9 Å². The molecule has 0 fully saturated rings. The van der Waals surface area contributed by atoms with Gasteiger partial charge < -0.3 is 13.3 Å². The molecule has 602 valence electrons. The zero-order valence-electron chi connectivity index (χ0n) is 69.4. The number of aromatic nitrogens is 8. The molecular weight excluding hydrogens is 1580 g/mol. The number of fused-ring (bicyclic) bond motifs is 18. The van der Waals surface area contributed by atoms with Crippen LogP contribution in [0.15, 0.2) is 451 Å². The summed E-state index contributed by atoms with van der Waals surface area (Å²) in [5, 5.41) is 13.1. The Labute approximate surface area is 741 Å². The van der Waals surface area contributed by atoms with Crippen molar-refractivity contribution in [2.75, 3.05) is 0 Å². The first-order chi connectivity index (χ1) is 64.0. The van der Waals surface area contributed by atoms with Crippen LogP contribution in [0.1, 0.15) is 0 Å². The molecule has 129 heavy (non-hydrogen) atoms. The predicted octanol–water partition coefficient (Wildman–Crippen LogP) is 31.0. The molecule has 0 spiro atoms. The third-order valence-electron chi connectivity index (χ3n) is 24.7. The highest BCUT2D eigenvalue weighted by Crippen LogP contribution is 2.52. The number of hydrogen-bond donors (Lipinski definition) is 0. The summed E-state index contributed by atoms with van der Waals surface area (Å²) in [7, 11) is 0. The zero-order valence-corrected chi connectivity index (χ0v) is 69.4. The van der Waals surface area contributed by atoms with Crippen molar-refractivity contribution in [3.63, 3.8) is 0 Å². The molecule has 0 radical (unpaired) electrons. The van der Waals surface area contributed by atoms with Crippen LogP contribution >= 0.6 is 0 Å². The summed E-state index contributed by atoms with van der Waals surface area (Å²) in [5.41, 5.74) is 31.6. The van der Waals surface area contributed by atoms with Crippen molar-refractivity contribution >= 4 is 97.9 Å². The predicted molar refractivity (Wildman–Crippen MR) is 526 cm³/mol.